The lowest BCUT2D eigenvalue weighted by atomic mass is 10.2. The molecule has 2 rings (SSSR count). The summed E-state index contributed by atoms with van der Waals surface area (Å²) < 4.78 is 10.9. The minimum absolute atomic E-state index is 0.326. The molecule has 0 saturated heterocycles. The standard InChI is InChI=1S/C17H15BrClNO4/c18-13-6-7-15(14(19)8-13)23-11-17(22)24-10-16(21)20-9-12-4-2-1-3-5-12/h1-8H,9-11H2,(H,20,21). The van der Waals surface area contributed by atoms with Crippen LogP contribution in [0.1, 0.15) is 5.56 Å². The zero-order valence-electron chi connectivity index (χ0n) is 12.6. The van der Waals surface area contributed by atoms with Crippen LogP contribution in [-0.4, -0.2) is 25.1 Å². The molecule has 1 N–H and O–H groups in total. The van der Waals surface area contributed by atoms with E-state index in [0.29, 0.717) is 17.3 Å². The van der Waals surface area contributed by atoms with Gasteiger partial charge in [0.15, 0.2) is 13.2 Å². The van der Waals surface area contributed by atoms with Crippen LogP contribution in [-0.2, 0) is 20.9 Å². The summed E-state index contributed by atoms with van der Waals surface area (Å²) in [5.74, 6) is -0.664. The molecule has 0 aliphatic heterocycles. The molecular weight excluding hydrogens is 398 g/mol. The van der Waals surface area contributed by atoms with Crippen molar-refractivity contribution < 1.29 is 19.1 Å². The Balaban J connectivity index is 1.68. The molecule has 0 aliphatic carbocycles. The first kappa shape index (κ1) is 18.3. The van der Waals surface area contributed by atoms with Crippen molar-refractivity contribution in [3.63, 3.8) is 0 Å². The SMILES string of the molecule is O=C(COC(=O)COc1ccc(Br)cc1Cl)NCc1ccccc1. The van der Waals surface area contributed by atoms with Gasteiger partial charge in [-0.25, -0.2) is 4.79 Å². The summed E-state index contributed by atoms with van der Waals surface area (Å²) in [5, 5.41) is 3.03. The zero-order valence-corrected chi connectivity index (χ0v) is 15.0. The number of nitrogens with one attached hydrogen (secondary N) is 1. The number of benzene rings is 2. The Labute approximate surface area is 153 Å². The van der Waals surface area contributed by atoms with Crippen molar-refractivity contribution in [2.75, 3.05) is 13.2 Å². The molecule has 0 radical (unpaired) electrons. The smallest absolute Gasteiger partial charge is 0.344 e. The highest BCUT2D eigenvalue weighted by Gasteiger charge is 2.10. The summed E-state index contributed by atoms with van der Waals surface area (Å²) in [7, 11) is 0. The molecule has 0 aromatic heterocycles. The van der Waals surface area contributed by atoms with E-state index in [1.807, 2.05) is 30.3 Å². The summed E-state index contributed by atoms with van der Waals surface area (Å²) in [4.78, 5) is 23.2. The average molecular weight is 413 g/mol. The third kappa shape index (κ3) is 6.22. The Morgan fingerprint density at radius 1 is 1.08 bits per heavy atom. The third-order valence-corrected chi connectivity index (χ3v) is 3.72. The molecule has 0 saturated carbocycles. The maximum atomic E-state index is 11.6. The Hall–Kier alpha value is -2.05. The van der Waals surface area contributed by atoms with Crippen LogP contribution in [0.3, 0.4) is 0 Å². The Morgan fingerprint density at radius 2 is 1.83 bits per heavy atom. The molecule has 126 valence electrons. The van der Waals surface area contributed by atoms with E-state index >= 15 is 0 Å². The number of hydrogen-bond donors (Lipinski definition) is 1. The second-order valence-corrected chi connectivity index (χ2v) is 6.11. The van der Waals surface area contributed by atoms with Crippen LogP contribution in [0.2, 0.25) is 5.02 Å². The van der Waals surface area contributed by atoms with Gasteiger partial charge in [0.2, 0.25) is 0 Å². The van der Waals surface area contributed by atoms with E-state index in [-0.39, 0.29) is 19.1 Å². The van der Waals surface area contributed by atoms with Crippen molar-refractivity contribution in [3.05, 3.63) is 63.6 Å². The van der Waals surface area contributed by atoms with Crippen LogP contribution in [0.15, 0.2) is 53.0 Å². The quantitative estimate of drug-likeness (QED) is 0.709. The Bertz CT molecular complexity index is 709. The molecule has 0 atom stereocenters. The molecule has 0 fully saturated rings. The van der Waals surface area contributed by atoms with Gasteiger partial charge in [-0.15, -0.1) is 0 Å². The number of esters is 1. The highest BCUT2D eigenvalue weighted by molar-refractivity contribution is 9.10. The van der Waals surface area contributed by atoms with Crippen molar-refractivity contribution in [1.29, 1.82) is 0 Å². The summed E-state index contributed by atoms with van der Waals surface area (Å²) in [6.07, 6.45) is 0. The number of rotatable bonds is 7. The lowest BCUT2D eigenvalue weighted by molar-refractivity contribution is -0.150. The Morgan fingerprint density at radius 3 is 2.54 bits per heavy atom. The van der Waals surface area contributed by atoms with E-state index in [2.05, 4.69) is 21.2 Å². The third-order valence-electron chi connectivity index (χ3n) is 2.94. The van der Waals surface area contributed by atoms with Gasteiger partial charge in [0.25, 0.3) is 5.91 Å². The highest BCUT2D eigenvalue weighted by Crippen LogP contribution is 2.27. The van der Waals surface area contributed by atoms with E-state index in [0.717, 1.165) is 10.0 Å². The predicted octanol–water partition coefficient (Wildman–Crippen LogP) is 3.34. The lowest BCUT2D eigenvalue weighted by Crippen LogP contribution is -2.29. The fourth-order valence-electron chi connectivity index (χ4n) is 1.76. The van der Waals surface area contributed by atoms with Gasteiger partial charge in [-0.05, 0) is 23.8 Å². The van der Waals surface area contributed by atoms with E-state index < -0.39 is 5.97 Å². The van der Waals surface area contributed by atoms with E-state index in [1.165, 1.54) is 0 Å². The van der Waals surface area contributed by atoms with Gasteiger partial charge < -0.3 is 14.8 Å². The summed E-state index contributed by atoms with van der Waals surface area (Å²) in [6.45, 7) is -0.307. The van der Waals surface area contributed by atoms with Crippen LogP contribution >= 0.6 is 27.5 Å². The van der Waals surface area contributed by atoms with Crippen molar-refractivity contribution in [1.82, 2.24) is 5.32 Å². The largest absolute Gasteiger partial charge is 0.480 e. The molecule has 0 spiro atoms. The minimum atomic E-state index is -0.649. The molecular formula is C17H15BrClNO4. The first-order valence-electron chi connectivity index (χ1n) is 7.08. The highest BCUT2D eigenvalue weighted by atomic mass is 79.9. The van der Waals surface area contributed by atoms with E-state index in [9.17, 15) is 9.59 Å². The van der Waals surface area contributed by atoms with Crippen molar-refractivity contribution >= 4 is 39.4 Å². The number of carbonyl (C=O) groups excluding carboxylic acids is 2. The van der Waals surface area contributed by atoms with Crippen molar-refractivity contribution in [3.8, 4) is 5.75 Å². The van der Waals surface area contributed by atoms with Crippen LogP contribution < -0.4 is 10.1 Å². The van der Waals surface area contributed by atoms with Gasteiger partial charge in [0.1, 0.15) is 5.75 Å². The second kappa shape index (κ2) is 9.30. The zero-order chi connectivity index (χ0) is 17.4. The first-order chi connectivity index (χ1) is 11.5. The number of amides is 1. The second-order valence-electron chi connectivity index (χ2n) is 4.79. The molecule has 0 heterocycles. The predicted molar refractivity (Wildman–Crippen MR) is 93.9 cm³/mol. The maximum absolute atomic E-state index is 11.6. The number of halogens is 2. The molecule has 0 aliphatic rings. The van der Waals surface area contributed by atoms with Crippen LogP contribution in [0.4, 0.5) is 0 Å². The van der Waals surface area contributed by atoms with Crippen molar-refractivity contribution in [2.24, 2.45) is 0 Å². The van der Waals surface area contributed by atoms with Crippen molar-refractivity contribution in [2.45, 2.75) is 6.54 Å². The Kier molecular flexibility index (Phi) is 7.08. The minimum Gasteiger partial charge on any atom is -0.480 e. The van der Waals surface area contributed by atoms with Gasteiger partial charge in [0.05, 0.1) is 5.02 Å². The molecule has 0 unspecified atom stereocenters. The average Bonchev–Trinajstić information content (AvgIpc) is 2.58. The van der Waals surface area contributed by atoms with Crippen LogP contribution in [0.5, 0.6) is 5.75 Å². The molecule has 0 bridgehead atoms. The van der Waals surface area contributed by atoms with Gasteiger partial charge in [-0.1, -0.05) is 57.9 Å². The normalized spacial score (nSPS) is 10.1. The fourth-order valence-corrected chi connectivity index (χ4v) is 2.49. The molecule has 2 aromatic carbocycles. The van der Waals surface area contributed by atoms with Crippen LogP contribution in [0.25, 0.3) is 0 Å². The van der Waals surface area contributed by atoms with Gasteiger partial charge in [-0.2, -0.15) is 0 Å². The molecule has 2 aromatic rings. The van der Waals surface area contributed by atoms with Gasteiger partial charge in [0, 0.05) is 11.0 Å². The lowest BCUT2D eigenvalue weighted by Gasteiger charge is -2.09. The molecule has 5 nitrogen and oxygen atoms in total. The first-order valence-corrected chi connectivity index (χ1v) is 8.26. The summed E-state index contributed by atoms with van der Waals surface area (Å²) >= 11 is 9.24. The number of ether oxygens (including phenoxy) is 2. The van der Waals surface area contributed by atoms with Gasteiger partial charge in [-0.3, -0.25) is 4.79 Å². The molecule has 24 heavy (non-hydrogen) atoms. The summed E-state index contributed by atoms with van der Waals surface area (Å²) in [6, 6.07) is 14.5. The molecule has 7 heteroatoms. The monoisotopic (exact) mass is 411 g/mol. The van der Waals surface area contributed by atoms with E-state index in [4.69, 9.17) is 21.1 Å². The van der Waals surface area contributed by atoms with E-state index in [1.54, 1.807) is 18.2 Å². The van der Waals surface area contributed by atoms with Gasteiger partial charge >= 0.3 is 5.97 Å². The summed E-state index contributed by atoms with van der Waals surface area (Å²) in [5.41, 5.74) is 0.963. The topological polar surface area (TPSA) is 64.6 Å². The number of hydrogen-bond acceptors (Lipinski definition) is 4. The molecule has 1 amide bonds. The number of carbonyl (C=O) groups is 2. The maximum Gasteiger partial charge on any atom is 0.344 e. The fraction of sp³-hybridized carbons (Fsp3) is 0.176. The van der Waals surface area contributed by atoms with Crippen LogP contribution in [0, 0.1) is 0 Å².